The molecule has 0 radical (unpaired) electrons. The average molecular weight is 418 g/mol. The fourth-order valence-corrected chi connectivity index (χ4v) is 5.05. The second-order valence-corrected chi connectivity index (χ2v) is 9.42. The maximum atomic E-state index is 13.1. The van der Waals surface area contributed by atoms with Crippen LogP contribution in [0.4, 0.5) is 10.1 Å². The number of nitrogens with zero attached hydrogens (tertiary/aromatic N) is 1. The van der Waals surface area contributed by atoms with Gasteiger partial charge in [0.1, 0.15) is 10.8 Å². The Hall–Kier alpha value is -2.78. The van der Waals surface area contributed by atoms with E-state index in [0.717, 1.165) is 24.2 Å². The smallest absolute Gasteiger partial charge is 0.335 e. The summed E-state index contributed by atoms with van der Waals surface area (Å²) in [4.78, 5) is 15.3. The molecule has 2 aromatic carbocycles. The molecule has 9 heteroatoms. The number of hydrogen-bond acceptors (Lipinski definition) is 5. The number of nitrogens with one attached hydrogen (secondary N) is 1. The molecule has 3 aromatic rings. The van der Waals surface area contributed by atoms with Gasteiger partial charge in [0.05, 0.1) is 17.4 Å². The van der Waals surface area contributed by atoms with Crippen LogP contribution < -0.4 is 4.72 Å². The predicted octanol–water partition coefficient (Wildman–Crippen LogP) is 4.33. The average Bonchev–Trinajstić information content (AvgIpc) is 3.37. The van der Waals surface area contributed by atoms with Gasteiger partial charge in [0, 0.05) is 5.56 Å². The van der Waals surface area contributed by atoms with E-state index in [1.54, 1.807) is 0 Å². The zero-order valence-corrected chi connectivity index (χ0v) is 16.1. The maximum Gasteiger partial charge on any atom is 0.335 e. The van der Waals surface area contributed by atoms with Crippen molar-refractivity contribution in [1.29, 1.82) is 0 Å². The van der Waals surface area contributed by atoms with Crippen LogP contribution in [0.25, 0.3) is 10.6 Å². The predicted molar refractivity (Wildman–Crippen MR) is 104 cm³/mol. The van der Waals surface area contributed by atoms with Gasteiger partial charge in [0.2, 0.25) is 0 Å². The van der Waals surface area contributed by atoms with Gasteiger partial charge in [-0.3, -0.25) is 4.72 Å². The molecule has 0 saturated heterocycles. The Bertz CT molecular complexity index is 1150. The molecular formula is C19H15FN2O4S2. The number of rotatable bonds is 6. The van der Waals surface area contributed by atoms with Gasteiger partial charge in [-0.2, -0.15) is 0 Å². The van der Waals surface area contributed by atoms with Gasteiger partial charge in [-0.15, -0.1) is 11.3 Å². The van der Waals surface area contributed by atoms with Crippen LogP contribution in [0.2, 0.25) is 0 Å². The number of carboxylic acid groups (broad SMARTS) is 1. The Labute approximate surface area is 164 Å². The van der Waals surface area contributed by atoms with Gasteiger partial charge in [-0.1, -0.05) is 0 Å². The highest BCUT2D eigenvalue weighted by molar-refractivity contribution is 7.94. The quantitative estimate of drug-likeness (QED) is 0.621. The number of aromatic nitrogens is 1. The van der Waals surface area contributed by atoms with E-state index in [1.807, 2.05) is 0 Å². The molecule has 144 valence electrons. The topological polar surface area (TPSA) is 96.4 Å². The summed E-state index contributed by atoms with van der Waals surface area (Å²) in [5.74, 6) is -1.27. The summed E-state index contributed by atoms with van der Waals surface area (Å²) in [7, 11) is -3.89. The number of benzene rings is 2. The number of halogens is 1. The fraction of sp³-hybridized carbons (Fsp3) is 0.158. The third kappa shape index (κ3) is 3.76. The van der Waals surface area contributed by atoms with Gasteiger partial charge in [-0.25, -0.2) is 22.6 Å². The molecule has 28 heavy (non-hydrogen) atoms. The van der Waals surface area contributed by atoms with Crippen molar-refractivity contribution in [2.24, 2.45) is 0 Å². The number of sulfonamides is 1. The maximum absolute atomic E-state index is 13.1. The van der Waals surface area contributed by atoms with E-state index in [2.05, 4.69) is 9.71 Å². The highest BCUT2D eigenvalue weighted by atomic mass is 32.2. The Morgan fingerprint density at radius 1 is 1.18 bits per heavy atom. The van der Waals surface area contributed by atoms with Gasteiger partial charge in [-0.05, 0) is 66.8 Å². The molecule has 0 atom stereocenters. The van der Waals surface area contributed by atoms with Crippen LogP contribution in [0.1, 0.15) is 34.7 Å². The lowest BCUT2D eigenvalue weighted by Crippen LogP contribution is -2.13. The van der Waals surface area contributed by atoms with Crippen molar-refractivity contribution in [2.75, 3.05) is 4.72 Å². The third-order valence-electron chi connectivity index (χ3n) is 4.40. The Kier molecular flexibility index (Phi) is 4.64. The number of aromatic carboxylic acids is 1. The first-order chi connectivity index (χ1) is 13.3. The first kappa shape index (κ1) is 18.6. The van der Waals surface area contributed by atoms with Crippen molar-refractivity contribution in [3.63, 3.8) is 0 Å². The molecule has 0 spiro atoms. The van der Waals surface area contributed by atoms with E-state index in [-0.39, 0.29) is 21.5 Å². The van der Waals surface area contributed by atoms with Crippen LogP contribution in [0.5, 0.6) is 0 Å². The van der Waals surface area contributed by atoms with Crippen LogP contribution in [0.15, 0.2) is 52.9 Å². The number of carboxylic acids is 1. The summed E-state index contributed by atoms with van der Waals surface area (Å²) in [5.41, 5.74) is 1.81. The molecule has 2 N–H and O–H groups in total. The lowest BCUT2D eigenvalue weighted by molar-refractivity contribution is 0.0697. The normalized spacial score (nSPS) is 14.0. The molecule has 0 bridgehead atoms. The number of hydrogen-bond donors (Lipinski definition) is 2. The summed E-state index contributed by atoms with van der Waals surface area (Å²) < 4.78 is 41.2. The zero-order valence-electron chi connectivity index (χ0n) is 14.4. The van der Waals surface area contributed by atoms with Crippen molar-refractivity contribution in [3.8, 4) is 10.6 Å². The lowest BCUT2D eigenvalue weighted by atomic mass is 10.0. The largest absolute Gasteiger partial charge is 0.478 e. The molecule has 6 nitrogen and oxygen atoms in total. The van der Waals surface area contributed by atoms with Gasteiger partial charge >= 0.3 is 5.97 Å². The van der Waals surface area contributed by atoms with Crippen LogP contribution in [0.3, 0.4) is 0 Å². The molecule has 0 unspecified atom stereocenters. The Balaban J connectivity index is 1.63. The summed E-state index contributed by atoms with van der Waals surface area (Å²) in [6, 6.07) is 10.0. The summed E-state index contributed by atoms with van der Waals surface area (Å²) in [6.07, 6.45) is 3.05. The molecular weight excluding hydrogens is 403 g/mol. The first-order valence-corrected chi connectivity index (χ1v) is 10.8. The molecule has 1 aromatic heterocycles. The molecule has 1 aliphatic carbocycles. The highest BCUT2D eigenvalue weighted by Gasteiger charge is 2.29. The molecule has 1 aliphatic rings. The first-order valence-electron chi connectivity index (χ1n) is 8.45. The highest BCUT2D eigenvalue weighted by Crippen LogP contribution is 2.44. The zero-order chi connectivity index (χ0) is 19.9. The number of anilines is 1. The summed E-state index contributed by atoms with van der Waals surface area (Å²) in [6.45, 7) is 0. The monoisotopic (exact) mass is 418 g/mol. The lowest BCUT2D eigenvalue weighted by Gasteiger charge is -2.12. The SMILES string of the molecule is O=C(O)c1ccc(NS(=O)(=O)c2cnc(-c3ccc(F)cc3)s2)c(C2CC2)c1. The molecule has 1 heterocycles. The van der Waals surface area contributed by atoms with E-state index in [4.69, 9.17) is 0 Å². The van der Waals surface area contributed by atoms with Gasteiger partial charge in [0.15, 0.2) is 4.21 Å². The van der Waals surface area contributed by atoms with E-state index in [1.165, 1.54) is 48.7 Å². The van der Waals surface area contributed by atoms with E-state index in [0.29, 0.717) is 21.8 Å². The standard InChI is InChI=1S/C19H15FN2O4S2/c20-14-6-3-12(4-7-14)18-21-10-17(27-18)28(25,26)22-16-8-5-13(19(23)24)9-15(16)11-1-2-11/h3-11,22H,1-2H2,(H,23,24). The molecule has 1 saturated carbocycles. The summed E-state index contributed by atoms with van der Waals surface area (Å²) in [5, 5.41) is 9.63. The molecule has 0 amide bonds. The van der Waals surface area contributed by atoms with Crippen molar-refractivity contribution >= 4 is 33.0 Å². The molecule has 4 rings (SSSR count). The van der Waals surface area contributed by atoms with Crippen LogP contribution in [-0.4, -0.2) is 24.5 Å². The van der Waals surface area contributed by atoms with E-state index in [9.17, 15) is 22.7 Å². The van der Waals surface area contributed by atoms with E-state index >= 15 is 0 Å². The van der Waals surface area contributed by atoms with E-state index < -0.39 is 16.0 Å². The summed E-state index contributed by atoms with van der Waals surface area (Å²) >= 11 is 0.978. The molecule has 1 fully saturated rings. The van der Waals surface area contributed by atoms with Crippen molar-refractivity contribution in [3.05, 3.63) is 65.6 Å². The molecule has 0 aliphatic heterocycles. The van der Waals surface area contributed by atoms with Crippen LogP contribution in [0, 0.1) is 5.82 Å². The van der Waals surface area contributed by atoms with Crippen molar-refractivity contribution in [2.45, 2.75) is 23.0 Å². The second-order valence-electron chi connectivity index (χ2n) is 6.48. The minimum absolute atomic E-state index is 0.0240. The number of thiazole rings is 1. The Morgan fingerprint density at radius 2 is 1.89 bits per heavy atom. The van der Waals surface area contributed by atoms with Crippen LogP contribution in [-0.2, 0) is 10.0 Å². The fourth-order valence-electron chi connectivity index (χ4n) is 2.83. The third-order valence-corrected chi connectivity index (χ3v) is 7.27. The number of carbonyl (C=O) groups is 1. The van der Waals surface area contributed by atoms with Crippen LogP contribution >= 0.6 is 11.3 Å². The Morgan fingerprint density at radius 3 is 2.54 bits per heavy atom. The van der Waals surface area contributed by atoms with Gasteiger partial charge < -0.3 is 5.11 Å². The van der Waals surface area contributed by atoms with Crippen molar-refractivity contribution in [1.82, 2.24) is 4.98 Å². The van der Waals surface area contributed by atoms with Gasteiger partial charge in [0.25, 0.3) is 10.0 Å². The minimum Gasteiger partial charge on any atom is -0.478 e. The minimum atomic E-state index is -3.89. The second kappa shape index (κ2) is 6.99. The van der Waals surface area contributed by atoms with Crippen molar-refractivity contribution < 1.29 is 22.7 Å².